The van der Waals surface area contributed by atoms with E-state index in [9.17, 15) is 4.79 Å². The van der Waals surface area contributed by atoms with Crippen LogP contribution in [0.4, 0.5) is 0 Å². The number of rotatable bonds is 7. The van der Waals surface area contributed by atoms with E-state index in [0.29, 0.717) is 29.6 Å². The van der Waals surface area contributed by atoms with Crippen LogP contribution in [0.3, 0.4) is 0 Å². The highest BCUT2D eigenvalue weighted by molar-refractivity contribution is 6.31. The van der Waals surface area contributed by atoms with E-state index in [0.717, 1.165) is 49.6 Å². The fourth-order valence-electron chi connectivity index (χ4n) is 3.89. The monoisotopic (exact) mass is 438 g/mol. The van der Waals surface area contributed by atoms with Crippen molar-refractivity contribution in [2.45, 2.75) is 25.9 Å². The number of aromatic nitrogens is 3. The molecular weight excluding hydrogens is 412 g/mol. The van der Waals surface area contributed by atoms with E-state index >= 15 is 0 Å². The molecule has 7 nitrogen and oxygen atoms in total. The molecule has 0 unspecified atom stereocenters. The van der Waals surface area contributed by atoms with Crippen LogP contribution in [0.5, 0.6) is 0 Å². The molecule has 8 heteroatoms. The highest BCUT2D eigenvalue weighted by Crippen LogP contribution is 2.22. The number of piperidine rings is 1. The van der Waals surface area contributed by atoms with Gasteiger partial charge in [0.15, 0.2) is 5.82 Å². The molecule has 31 heavy (non-hydrogen) atoms. The lowest BCUT2D eigenvalue weighted by atomic mass is 9.96. The van der Waals surface area contributed by atoms with Crippen molar-refractivity contribution in [1.82, 2.24) is 25.0 Å². The topological polar surface area (TPSA) is 89.1 Å². The van der Waals surface area contributed by atoms with Crippen molar-refractivity contribution < 1.29 is 4.79 Å². The third-order valence-electron chi connectivity index (χ3n) is 5.68. The molecule has 1 aromatic carbocycles. The minimum atomic E-state index is 0.0532. The van der Waals surface area contributed by atoms with Crippen LogP contribution >= 0.6 is 11.6 Å². The van der Waals surface area contributed by atoms with Gasteiger partial charge in [-0.15, -0.1) is 0 Å². The number of carbonyl (C=O) groups excluding carboxylic acids is 1. The summed E-state index contributed by atoms with van der Waals surface area (Å²) >= 11 is 6.11. The van der Waals surface area contributed by atoms with Gasteiger partial charge in [-0.1, -0.05) is 17.7 Å². The van der Waals surface area contributed by atoms with E-state index in [1.165, 1.54) is 0 Å². The van der Waals surface area contributed by atoms with E-state index in [-0.39, 0.29) is 5.91 Å². The van der Waals surface area contributed by atoms with Gasteiger partial charge in [-0.05, 0) is 67.3 Å². The summed E-state index contributed by atoms with van der Waals surface area (Å²) in [5, 5.41) is 8.35. The molecule has 1 amide bonds. The Morgan fingerprint density at radius 2 is 2.03 bits per heavy atom. The number of hydrogen-bond donors (Lipinski definition) is 2. The number of nitrogens with one attached hydrogen (secondary N) is 1. The number of carbonyl (C=O) groups is 1. The molecule has 3 aromatic rings. The van der Waals surface area contributed by atoms with E-state index < -0.39 is 0 Å². The molecule has 1 saturated heterocycles. The molecular formula is C23H27ClN6O. The van der Waals surface area contributed by atoms with Crippen LogP contribution in [-0.2, 0) is 13.1 Å². The van der Waals surface area contributed by atoms with Crippen molar-refractivity contribution in [2.24, 2.45) is 11.7 Å². The van der Waals surface area contributed by atoms with Crippen LogP contribution in [0.15, 0.2) is 54.9 Å². The van der Waals surface area contributed by atoms with Gasteiger partial charge in [0.2, 0.25) is 0 Å². The molecule has 1 fully saturated rings. The van der Waals surface area contributed by atoms with Crippen LogP contribution in [0.25, 0.3) is 5.82 Å². The van der Waals surface area contributed by atoms with Crippen LogP contribution in [-0.4, -0.2) is 45.2 Å². The first-order valence-electron chi connectivity index (χ1n) is 10.6. The molecule has 1 aliphatic heterocycles. The fourth-order valence-corrected chi connectivity index (χ4v) is 4.08. The van der Waals surface area contributed by atoms with E-state index in [1.807, 2.05) is 41.4 Å². The molecule has 0 radical (unpaired) electrons. The summed E-state index contributed by atoms with van der Waals surface area (Å²) in [5.41, 5.74) is 8.16. The Kier molecular flexibility index (Phi) is 6.96. The summed E-state index contributed by atoms with van der Waals surface area (Å²) in [6, 6.07) is 13.2. The quantitative estimate of drug-likeness (QED) is 0.591. The molecule has 3 heterocycles. The first-order chi connectivity index (χ1) is 15.1. The first kappa shape index (κ1) is 21.5. The van der Waals surface area contributed by atoms with Crippen molar-refractivity contribution >= 4 is 17.5 Å². The summed E-state index contributed by atoms with van der Waals surface area (Å²) in [4.78, 5) is 19.4. The Hall–Kier alpha value is -2.74. The van der Waals surface area contributed by atoms with Crippen LogP contribution < -0.4 is 11.1 Å². The SMILES string of the molecule is NCc1cc(C(=O)N2CCC(CNCc3cccc(-n4cccn4)n3)CC2)ccc1Cl. The standard InChI is InChI=1S/C23H27ClN6O/c24-21-6-5-18(13-19(21)14-25)23(31)29-11-7-17(8-12-29)15-26-16-20-3-1-4-22(28-20)30-10-2-9-27-30/h1-6,9-10,13,17,26H,7-8,11-12,14-16,25H2. The Labute approximate surface area is 187 Å². The van der Waals surface area contributed by atoms with Gasteiger partial charge in [0, 0.05) is 49.2 Å². The Morgan fingerprint density at radius 3 is 2.77 bits per heavy atom. The van der Waals surface area contributed by atoms with Gasteiger partial charge < -0.3 is 16.0 Å². The van der Waals surface area contributed by atoms with Crippen molar-refractivity contribution in [3.8, 4) is 5.82 Å². The van der Waals surface area contributed by atoms with Crippen molar-refractivity contribution in [3.63, 3.8) is 0 Å². The number of benzene rings is 1. The molecule has 0 bridgehead atoms. The second-order valence-electron chi connectivity index (χ2n) is 7.81. The number of nitrogens with two attached hydrogens (primary N) is 1. The van der Waals surface area contributed by atoms with Crippen LogP contribution in [0.1, 0.15) is 34.5 Å². The minimum absolute atomic E-state index is 0.0532. The molecule has 4 rings (SSSR count). The van der Waals surface area contributed by atoms with Gasteiger partial charge in [-0.3, -0.25) is 4.79 Å². The van der Waals surface area contributed by atoms with Gasteiger partial charge in [0.1, 0.15) is 0 Å². The number of halogens is 1. The smallest absolute Gasteiger partial charge is 0.253 e. The maximum absolute atomic E-state index is 12.8. The lowest BCUT2D eigenvalue weighted by molar-refractivity contribution is 0.0690. The Bertz CT molecular complexity index is 1010. The number of hydrogen-bond acceptors (Lipinski definition) is 5. The maximum atomic E-state index is 12.8. The molecule has 162 valence electrons. The van der Waals surface area contributed by atoms with E-state index in [4.69, 9.17) is 17.3 Å². The third-order valence-corrected chi connectivity index (χ3v) is 6.05. The number of likely N-dealkylation sites (tertiary alicyclic amines) is 1. The van der Waals surface area contributed by atoms with Gasteiger partial charge in [0.05, 0.1) is 5.69 Å². The minimum Gasteiger partial charge on any atom is -0.339 e. The average molecular weight is 439 g/mol. The summed E-state index contributed by atoms with van der Waals surface area (Å²) in [6.45, 7) is 3.47. The fraction of sp³-hybridized carbons (Fsp3) is 0.348. The lowest BCUT2D eigenvalue weighted by Crippen LogP contribution is -2.40. The van der Waals surface area contributed by atoms with E-state index in [1.54, 1.807) is 23.0 Å². The van der Waals surface area contributed by atoms with Crippen molar-refractivity contribution in [3.05, 3.63) is 76.7 Å². The lowest BCUT2D eigenvalue weighted by Gasteiger charge is -2.32. The Morgan fingerprint density at radius 1 is 1.19 bits per heavy atom. The van der Waals surface area contributed by atoms with Gasteiger partial charge in [-0.25, -0.2) is 9.67 Å². The summed E-state index contributed by atoms with van der Waals surface area (Å²) in [6.07, 6.45) is 5.59. The maximum Gasteiger partial charge on any atom is 0.253 e. The second-order valence-corrected chi connectivity index (χ2v) is 8.22. The molecule has 0 aliphatic carbocycles. The molecule has 0 atom stereocenters. The van der Waals surface area contributed by atoms with E-state index in [2.05, 4.69) is 15.4 Å². The molecule has 0 saturated carbocycles. The zero-order valence-electron chi connectivity index (χ0n) is 17.4. The largest absolute Gasteiger partial charge is 0.339 e. The molecule has 1 aliphatic rings. The summed E-state index contributed by atoms with van der Waals surface area (Å²) in [5.74, 6) is 1.41. The van der Waals surface area contributed by atoms with Crippen LogP contribution in [0, 0.1) is 5.92 Å². The normalized spacial score (nSPS) is 14.7. The van der Waals surface area contributed by atoms with Gasteiger partial charge in [0.25, 0.3) is 5.91 Å². The highest BCUT2D eigenvalue weighted by Gasteiger charge is 2.23. The number of amides is 1. The number of pyridine rings is 1. The summed E-state index contributed by atoms with van der Waals surface area (Å²) in [7, 11) is 0. The summed E-state index contributed by atoms with van der Waals surface area (Å²) < 4.78 is 1.76. The number of nitrogens with zero attached hydrogens (tertiary/aromatic N) is 4. The van der Waals surface area contributed by atoms with Crippen LogP contribution in [0.2, 0.25) is 5.02 Å². The molecule has 2 aromatic heterocycles. The molecule has 0 spiro atoms. The highest BCUT2D eigenvalue weighted by atomic mass is 35.5. The Balaban J connectivity index is 1.24. The van der Waals surface area contributed by atoms with Crippen molar-refractivity contribution in [1.29, 1.82) is 0 Å². The van der Waals surface area contributed by atoms with Crippen molar-refractivity contribution in [2.75, 3.05) is 19.6 Å². The zero-order valence-corrected chi connectivity index (χ0v) is 18.1. The predicted octanol–water partition coefficient (Wildman–Crippen LogP) is 3.02. The molecule has 3 N–H and O–H groups in total. The average Bonchev–Trinajstić information content (AvgIpc) is 3.35. The van der Waals surface area contributed by atoms with Gasteiger partial charge in [-0.2, -0.15) is 5.10 Å². The predicted molar refractivity (Wildman–Crippen MR) is 121 cm³/mol. The zero-order chi connectivity index (χ0) is 21.6. The van der Waals surface area contributed by atoms with Gasteiger partial charge >= 0.3 is 0 Å². The second kappa shape index (κ2) is 10.0. The first-order valence-corrected chi connectivity index (χ1v) is 11.0. The third kappa shape index (κ3) is 5.31.